The third-order valence-corrected chi connectivity index (χ3v) is 4.09. The molecule has 0 spiro atoms. The number of H-pyrrole nitrogens is 1. The van der Waals surface area contributed by atoms with E-state index in [1.807, 2.05) is 24.3 Å². The van der Waals surface area contributed by atoms with Gasteiger partial charge in [0.15, 0.2) is 0 Å². The number of benzene rings is 1. The largest absolute Gasteiger partial charge is 0.377 e. The first kappa shape index (κ1) is 18.8. The second-order valence-electron chi connectivity index (χ2n) is 6.34. The Labute approximate surface area is 158 Å². The van der Waals surface area contributed by atoms with E-state index in [0.29, 0.717) is 24.7 Å². The van der Waals surface area contributed by atoms with Gasteiger partial charge in [-0.3, -0.25) is 4.79 Å². The molecule has 27 heavy (non-hydrogen) atoms. The van der Waals surface area contributed by atoms with E-state index in [0.717, 1.165) is 24.4 Å². The minimum atomic E-state index is -0.165. The normalized spacial score (nSPS) is 10.7. The van der Waals surface area contributed by atoms with Crippen molar-refractivity contribution in [1.82, 2.24) is 15.0 Å². The third kappa shape index (κ3) is 5.24. The zero-order chi connectivity index (χ0) is 19.1. The van der Waals surface area contributed by atoms with Crippen LogP contribution >= 0.6 is 0 Å². The Morgan fingerprint density at radius 3 is 2.67 bits per heavy atom. The zero-order valence-corrected chi connectivity index (χ0v) is 15.7. The second kappa shape index (κ2) is 9.09. The standard InChI is InChI=1S/C21H24N4O2/c1-3-10-27-14-18-7-5-4-6-16(18)12-22-19-9-8-17(13-23-19)21-24-15(2)11-20(26)25-21/h4-9,11,13H,3,10,12,14H2,1-2H3,(H,22,23)(H,24,25,26). The highest BCUT2D eigenvalue weighted by molar-refractivity contribution is 5.55. The van der Waals surface area contributed by atoms with Crippen molar-refractivity contribution < 1.29 is 4.74 Å². The molecular weight excluding hydrogens is 340 g/mol. The molecule has 0 fully saturated rings. The molecule has 2 N–H and O–H groups in total. The maximum absolute atomic E-state index is 11.6. The van der Waals surface area contributed by atoms with Crippen molar-refractivity contribution in [2.24, 2.45) is 0 Å². The van der Waals surface area contributed by atoms with Crippen LogP contribution in [0.1, 0.15) is 30.2 Å². The summed E-state index contributed by atoms with van der Waals surface area (Å²) < 4.78 is 5.67. The van der Waals surface area contributed by atoms with Crippen LogP contribution in [0.5, 0.6) is 0 Å². The molecule has 0 atom stereocenters. The summed E-state index contributed by atoms with van der Waals surface area (Å²) in [5.41, 5.74) is 3.65. The van der Waals surface area contributed by atoms with Crippen LogP contribution in [-0.2, 0) is 17.9 Å². The van der Waals surface area contributed by atoms with Gasteiger partial charge < -0.3 is 15.0 Å². The average Bonchev–Trinajstić information content (AvgIpc) is 2.67. The SMILES string of the molecule is CCCOCc1ccccc1CNc1ccc(-c2nc(C)cc(=O)[nH]2)cn1. The van der Waals surface area contributed by atoms with Gasteiger partial charge in [-0.1, -0.05) is 31.2 Å². The summed E-state index contributed by atoms with van der Waals surface area (Å²) in [6.07, 6.45) is 2.72. The number of anilines is 1. The van der Waals surface area contributed by atoms with E-state index in [4.69, 9.17) is 4.74 Å². The number of nitrogens with one attached hydrogen (secondary N) is 2. The predicted molar refractivity (Wildman–Crippen MR) is 107 cm³/mol. The smallest absolute Gasteiger partial charge is 0.251 e. The van der Waals surface area contributed by atoms with Gasteiger partial charge in [0.25, 0.3) is 5.56 Å². The topological polar surface area (TPSA) is 79.9 Å². The molecule has 140 valence electrons. The fraction of sp³-hybridized carbons (Fsp3) is 0.286. The van der Waals surface area contributed by atoms with Crippen LogP contribution in [-0.4, -0.2) is 21.6 Å². The Kier molecular flexibility index (Phi) is 6.33. The predicted octanol–water partition coefficient (Wildman–Crippen LogP) is 3.68. The van der Waals surface area contributed by atoms with E-state index < -0.39 is 0 Å². The van der Waals surface area contributed by atoms with Crippen molar-refractivity contribution in [3.05, 3.63) is 75.8 Å². The number of aryl methyl sites for hydroxylation is 1. The fourth-order valence-corrected chi connectivity index (χ4v) is 2.74. The number of nitrogens with zero attached hydrogens (tertiary/aromatic N) is 2. The van der Waals surface area contributed by atoms with Gasteiger partial charge in [-0.15, -0.1) is 0 Å². The van der Waals surface area contributed by atoms with Gasteiger partial charge >= 0.3 is 0 Å². The summed E-state index contributed by atoms with van der Waals surface area (Å²) in [7, 11) is 0. The molecule has 0 unspecified atom stereocenters. The van der Waals surface area contributed by atoms with Gasteiger partial charge in [-0.2, -0.15) is 0 Å². The van der Waals surface area contributed by atoms with E-state index >= 15 is 0 Å². The quantitative estimate of drug-likeness (QED) is 0.596. The highest BCUT2D eigenvalue weighted by atomic mass is 16.5. The molecule has 6 heteroatoms. The van der Waals surface area contributed by atoms with E-state index in [1.165, 1.54) is 17.2 Å². The van der Waals surface area contributed by atoms with Gasteiger partial charge in [0.1, 0.15) is 11.6 Å². The Bertz CT molecular complexity index is 935. The number of pyridine rings is 1. The highest BCUT2D eigenvalue weighted by Crippen LogP contribution is 2.16. The monoisotopic (exact) mass is 364 g/mol. The molecule has 3 aromatic rings. The van der Waals surface area contributed by atoms with Crippen molar-refractivity contribution in [1.29, 1.82) is 0 Å². The molecule has 1 aromatic carbocycles. The zero-order valence-electron chi connectivity index (χ0n) is 15.7. The van der Waals surface area contributed by atoms with Crippen molar-refractivity contribution >= 4 is 5.82 Å². The Morgan fingerprint density at radius 1 is 1.15 bits per heavy atom. The van der Waals surface area contributed by atoms with E-state index in [9.17, 15) is 4.79 Å². The number of ether oxygens (including phenoxy) is 1. The Balaban J connectivity index is 1.66. The lowest BCUT2D eigenvalue weighted by Crippen LogP contribution is -2.09. The maximum atomic E-state index is 11.6. The minimum Gasteiger partial charge on any atom is -0.377 e. The molecule has 0 bridgehead atoms. The lowest BCUT2D eigenvalue weighted by molar-refractivity contribution is 0.121. The lowest BCUT2D eigenvalue weighted by Gasteiger charge is -2.11. The molecule has 0 amide bonds. The van der Waals surface area contributed by atoms with Crippen molar-refractivity contribution in [3.63, 3.8) is 0 Å². The average molecular weight is 364 g/mol. The summed E-state index contributed by atoms with van der Waals surface area (Å²) in [5, 5.41) is 3.33. The summed E-state index contributed by atoms with van der Waals surface area (Å²) >= 11 is 0. The van der Waals surface area contributed by atoms with Gasteiger partial charge in [-0.05, 0) is 36.6 Å². The first-order chi connectivity index (χ1) is 13.2. The molecule has 0 saturated carbocycles. The summed E-state index contributed by atoms with van der Waals surface area (Å²) in [6, 6.07) is 13.5. The first-order valence-corrected chi connectivity index (χ1v) is 9.08. The second-order valence-corrected chi connectivity index (χ2v) is 6.34. The van der Waals surface area contributed by atoms with Gasteiger partial charge in [0.05, 0.1) is 6.61 Å². The van der Waals surface area contributed by atoms with Crippen LogP contribution < -0.4 is 10.9 Å². The number of aromatic nitrogens is 3. The molecule has 0 aliphatic carbocycles. The Hall–Kier alpha value is -2.99. The molecule has 3 rings (SSSR count). The molecule has 6 nitrogen and oxygen atoms in total. The van der Waals surface area contributed by atoms with Crippen LogP contribution in [0.4, 0.5) is 5.82 Å². The van der Waals surface area contributed by atoms with Crippen LogP contribution in [0.3, 0.4) is 0 Å². The molecule has 2 heterocycles. The van der Waals surface area contributed by atoms with Crippen LogP contribution in [0.2, 0.25) is 0 Å². The minimum absolute atomic E-state index is 0.165. The Morgan fingerprint density at radius 2 is 1.96 bits per heavy atom. The lowest BCUT2D eigenvalue weighted by atomic mass is 10.1. The third-order valence-electron chi connectivity index (χ3n) is 4.09. The molecule has 0 radical (unpaired) electrons. The number of aromatic amines is 1. The molecule has 0 saturated heterocycles. The summed E-state index contributed by atoms with van der Waals surface area (Å²) in [5.74, 6) is 1.29. The van der Waals surface area contributed by atoms with E-state index in [1.54, 1.807) is 13.1 Å². The fourth-order valence-electron chi connectivity index (χ4n) is 2.74. The van der Waals surface area contributed by atoms with Crippen LogP contribution in [0.25, 0.3) is 11.4 Å². The molecular formula is C21H24N4O2. The number of hydrogen-bond acceptors (Lipinski definition) is 5. The van der Waals surface area contributed by atoms with Gasteiger partial charge in [0.2, 0.25) is 0 Å². The number of hydrogen-bond donors (Lipinski definition) is 2. The molecule has 2 aromatic heterocycles. The van der Waals surface area contributed by atoms with E-state index in [2.05, 4.69) is 39.3 Å². The van der Waals surface area contributed by atoms with Crippen LogP contribution in [0.15, 0.2) is 53.5 Å². The first-order valence-electron chi connectivity index (χ1n) is 9.08. The number of rotatable bonds is 8. The molecule has 0 aliphatic heterocycles. The van der Waals surface area contributed by atoms with Gasteiger partial charge in [0, 0.05) is 36.7 Å². The van der Waals surface area contributed by atoms with Crippen molar-refractivity contribution in [2.75, 3.05) is 11.9 Å². The highest BCUT2D eigenvalue weighted by Gasteiger charge is 2.05. The van der Waals surface area contributed by atoms with E-state index in [-0.39, 0.29) is 5.56 Å². The summed E-state index contributed by atoms with van der Waals surface area (Å²) in [4.78, 5) is 23.1. The van der Waals surface area contributed by atoms with Gasteiger partial charge in [-0.25, -0.2) is 9.97 Å². The maximum Gasteiger partial charge on any atom is 0.251 e. The molecule has 0 aliphatic rings. The van der Waals surface area contributed by atoms with Crippen LogP contribution in [0, 0.1) is 6.92 Å². The summed E-state index contributed by atoms with van der Waals surface area (Å²) in [6.45, 7) is 5.94. The van der Waals surface area contributed by atoms with Crippen molar-refractivity contribution in [3.8, 4) is 11.4 Å². The van der Waals surface area contributed by atoms with Crippen molar-refractivity contribution in [2.45, 2.75) is 33.4 Å².